The number of ether oxygens (including phenoxy) is 2. The molecule has 4 aromatic rings. The smallest absolute Gasteiger partial charge is 0.338 e. The number of hydrogen-bond acceptors (Lipinski definition) is 7. The Hall–Kier alpha value is -3.43. The van der Waals surface area contributed by atoms with Gasteiger partial charge in [-0.3, -0.25) is 9.36 Å². The average Bonchev–Trinajstić information content (AvgIpc) is 3.39. The molecule has 1 atom stereocenters. The van der Waals surface area contributed by atoms with Gasteiger partial charge in [-0.1, -0.05) is 41.7 Å². The Bertz CT molecular complexity index is 1680. The molecule has 5 rings (SSSR count). The van der Waals surface area contributed by atoms with Crippen LogP contribution in [0.2, 0.25) is 0 Å². The van der Waals surface area contributed by atoms with Crippen molar-refractivity contribution in [1.82, 2.24) is 4.57 Å². The molecular formula is C26H21BrN2O5S. The van der Waals surface area contributed by atoms with Gasteiger partial charge in [0.15, 0.2) is 9.47 Å². The van der Waals surface area contributed by atoms with Crippen LogP contribution in [0.5, 0.6) is 5.75 Å². The first-order chi connectivity index (χ1) is 16.9. The van der Waals surface area contributed by atoms with Crippen molar-refractivity contribution in [2.75, 3.05) is 13.7 Å². The summed E-state index contributed by atoms with van der Waals surface area (Å²) >= 11 is 4.53. The van der Waals surface area contributed by atoms with Gasteiger partial charge in [0.2, 0.25) is 0 Å². The number of carbonyl (C=O) groups is 1. The summed E-state index contributed by atoms with van der Waals surface area (Å²) in [5, 5.41) is 1.83. The number of benzene rings is 2. The van der Waals surface area contributed by atoms with Crippen molar-refractivity contribution in [3.8, 4) is 5.75 Å². The van der Waals surface area contributed by atoms with Gasteiger partial charge in [0.1, 0.15) is 17.6 Å². The summed E-state index contributed by atoms with van der Waals surface area (Å²) in [6.45, 7) is 3.71. The molecule has 0 radical (unpaired) electrons. The molecule has 0 N–H and O–H groups in total. The van der Waals surface area contributed by atoms with Gasteiger partial charge in [-0.2, -0.15) is 0 Å². The highest BCUT2D eigenvalue weighted by Gasteiger charge is 2.36. The zero-order chi connectivity index (χ0) is 24.7. The van der Waals surface area contributed by atoms with E-state index in [1.54, 1.807) is 43.7 Å². The molecule has 178 valence electrons. The highest BCUT2D eigenvalue weighted by atomic mass is 79.9. The number of halogens is 1. The normalized spacial score (nSPS) is 15.8. The van der Waals surface area contributed by atoms with Crippen LogP contribution in [0.4, 0.5) is 0 Å². The van der Waals surface area contributed by atoms with E-state index in [1.165, 1.54) is 11.3 Å². The summed E-state index contributed by atoms with van der Waals surface area (Å²) < 4.78 is 19.3. The van der Waals surface area contributed by atoms with Crippen molar-refractivity contribution in [2.45, 2.75) is 19.9 Å². The van der Waals surface area contributed by atoms with E-state index in [-0.39, 0.29) is 12.2 Å². The fourth-order valence-electron chi connectivity index (χ4n) is 4.34. The lowest BCUT2D eigenvalue weighted by Crippen LogP contribution is -2.40. The third-order valence-electron chi connectivity index (χ3n) is 5.81. The summed E-state index contributed by atoms with van der Waals surface area (Å²) in [5.41, 5.74) is 1.23. The second kappa shape index (κ2) is 9.31. The predicted molar refractivity (Wildman–Crippen MR) is 137 cm³/mol. The van der Waals surface area contributed by atoms with E-state index in [0.29, 0.717) is 42.3 Å². The molecule has 3 heterocycles. The zero-order valence-electron chi connectivity index (χ0n) is 19.2. The first kappa shape index (κ1) is 23.3. The quantitative estimate of drug-likeness (QED) is 0.344. The van der Waals surface area contributed by atoms with Gasteiger partial charge in [0, 0.05) is 11.6 Å². The van der Waals surface area contributed by atoms with Crippen molar-refractivity contribution < 1.29 is 18.7 Å². The second-order valence-corrected chi connectivity index (χ2v) is 9.64. The van der Waals surface area contributed by atoms with Gasteiger partial charge in [0.25, 0.3) is 5.56 Å². The lowest BCUT2D eigenvalue weighted by Gasteiger charge is -2.27. The SMILES string of the molecule is CCOC(=O)C1=C(C)N=c2s/c(=C\c3ccc(Br)o3)c(=O)n2[C@@H]1c1c(OC)ccc2ccccc12. The van der Waals surface area contributed by atoms with E-state index < -0.39 is 12.0 Å². The lowest BCUT2D eigenvalue weighted by atomic mass is 9.90. The molecule has 0 saturated heterocycles. The predicted octanol–water partition coefficient (Wildman–Crippen LogP) is 4.32. The number of thiazole rings is 1. The summed E-state index contributed by atoms with van der Waals surface area (Å²) in [7, 11) is 1.58. The number of fused-ring (bicyclic) bond motifs is 2. The Morgan fingerprint density at radius 1 is 1.23 bits per heavy atom. The van der Waals surface area contributed by atoms with Gasteiger partial charge in [-0.15, -0.1) is 0 Å². The molecule has 0 unspecified atom stereocenters. The van der Waals surface area contributed by atoms with E-state index >= 15 is 0 Å². The molecule has 0 saturated carbocycles. The standard InChI is InChI=1S/C26H21BrN2O5S/c1-4-33-25(31)21-14(2)28-26-29(24(30)19(35-26)13-16-10-12-20(27)34-16)23(21)22-17-8-6-5-7-15(17)9-11-18(22)32-3/h5-13,23H,4H2,1-3H3/b19-13-/t23-/m0/s1. The van der Waals surface area contributed by atoms with Gasteiger partial charge < -0.3 is 13.9 Å². The van der Waals surface area contributed by atoms with Crippen molar-refractivity contribution in [2.24, 2.45) is 4.99 Å². The van der Waals surface area contributed by atoms with Crippen molar-refractivity contribution in [1.29, 1.82) is 0 Å². The number of esters is 1. The topological polar surface area (TPSA) is 83.0 Å². The Morgan fingerprint density at radius 3 is 2.74 bits per heavy atom. The molecule has 0 aliphatic carbocycles. The number of hydrogen-bond donors (Lipinski definition) is 0. The summed E-state index contributed by atoms with van der Waals surface area (Å²) in [5.74, 6) is 0.579. The molecule has 0 spiro atoms. The van der Waals surface area contributed by atoms with Crippen LogP contribution in [0, 0.1) is 0 Å². The minimum atomic E-state index is -0.781. The van der Waals surface area contributed by atoms with Crippen LogP contribution in [0.25, 0.3) is 16.8 Å². The van der Waals surface area contributed by atoms with E-state index in [4.69, 9.17) is 13.9 Å². The van der Waals surface area contributed by atoms with E-state index in [2.05, 4.69) is 20.9 Å². The Morgan fingerprint density at radius 2 is 2.03 bits per heavy atom. The minimum Gasteiger partial charge on any atom is -0.496 e. The fourth-order valence-corrected chi connectivity index (χ4v) is 5.68. The Balaban J connectivity index is 1.86. The zero-order valence-corrected chi connectivity index (χ0v) is 21.6. The molecule has 0 bridgehead atoms. The number of methoxy groups -OCH3 is 1. The van der Waals surface area contributed by atoms with E-state index in [0.717, 1.165) is 10.8 Å². The molecular weight excluding hydrogens is 532 g/mol. The second-order valence-electron chi connectivity index (χ2n) is 7.85. The molecule has 2 aromatic heterocycles. The van der Waals surface area contributed by atoms with Crippen molar-refractivity contribution in [3.05, 3.63) is 95.5 Å². The molecule has 7 nitrogen and oxygen atoms in total. The van der Waals surface area contributed by atoms with Crippen LogP contribution in [-0.4, -0.2) is 24.3 Å². The first-order valence-electron chi connectivity index (χ1n) is 10.9. The first-order valence-corrected chi connectivity index (χ1v) is 12.5. The maximum absolute atomic E-state index is 13.8. The lowest BCUT2D eigenvalue weighted by molar-refractivity contribution is -0.139. The average molecular weight is 553 g/mol. The third-order valence-corrected chi connectivity index (χ3v) is 7.22. The molecule has 2 aromatic carbocycles. The van der Waals surface area contributed by atoms with Crippen LogP contribution in [-0.2, 0) is 9.53 Å². The third kappa shape index (κ3) is 4.04. The minimum absolute atomic E-state index is 0.201. The molecule has 0 amide bonds. The molecule has 0 fully saturated rings. The number of nitrogens with zero attached hydrogens (tertiary/aromatic N) is 2. The number of carbonyl (C=O) groups excluding carboxylic acids is 1. The van der Waals surface area contributed by atoms with Gasteiger partial charge in [-0.05, 0) is 58.7 Å². The maximum Gasteiger partial charge on any atom is 0.338 e. The number of allylic oxidation sites excluding steroid dienone is 1. The highest BCUT2D eigenvalue weighted by molar-refractivity contribution is 9.10. The molecule has 9 heteroatoms. The maximum atomic E-state index is 13.8. The monoisotopic (exact) mass is 552 g/mol. The van der Waals surface area contributed by atoms with Crippen molar-refractivity contribution in [3.63, 3.8) is 0 Å². The van der Waals surface area contributed by atoms with E-state index in [9.17, 15) is 9.59 Å². The van der Waals surface area contributed by atoms with Gasteiger partial charge >= 0.3 is 5.97 Å². The summed E-state index contributed by atoms with van der Waals surface area (Å²) in [6.07, 6.45) is 1.68. The Labute approximate surface area is 212 Å². The van der Waals surface area contributed by atoms with E-state index in [1.807, 2.05) is 36.4 Å². The fraction of sp³-hybridized carbons (Fsp3) is 0.192. The van der Waals surface area contributed by atoms with Crippen LogP contribution >= 0.6 is 27.3 Å². The van der Waals surface area contributed by atoms with Crippen LogP contribution in [0.15, 0.2) is 78.7 Å². The highest BCUT2D eigenvalue weighted by Crippen LogP contribution is 2.40. The van der Waals surface area contributed by atoms with Crippen LogP contribution < -0.4 is 19.6 Å². The molecule has 35 heavy (non-hydrogen) atoms. The van der Waals surface area contributed by atoms with Gasteiger partial charge in [-0.25, -0.2) is 9.79 Å². The molecule has 1 aliphatic heterocycles. The van der Waals surface area contributed by atoms with Crippen LogP contribution in [0.1, 0.15) is 31.2 Å². The van der Waals surface area contributed by atoms with Crippen molar-refractivity contribution >= 4 is 50.1 Å². The number of aromatic nitrogens is 1. The molecule has 1 aliphatic rings. The number of furan rings is 1. The summed E-state index contributed by atoms with van der Waals surface area (Å²) in [6, 6.07) is 14.4. The van der Waals surface area contributed by atoms with Gasteiger partial charge in [0.05, 0.1) is 29.5 Å². The Kier molecular flexibility index (Phi) is 6.21. The largest absolute Gasteiger partial charge is 0.496 e. The number of rotatable bonds is 5. The van der Waals surface area contributed by atoms with Crippen LogP contribution in [0.3, 0.4) is 0 Å². The summed E-state index contributed by atoms with van der Waals surface area (Å²) in [4.78, 5) is 32.1.